The topological polar surface area (TPSA) is 79.8 Å². The van der Waals surface area contributed by atoms with E-state index in [0.717, 1.165) is 16.9 Å². The molecule has 0 spiro atoms. The molecule has 6 nitrogen and oxygen atoms in total. The van der Waals surface area contributed by atoms with Gasteiger partial charge >= 0.3 is 0 Å². The van der Waals surface area contributed by atoms with Crippen molar-refractivity contribution in [3.63, 3.8) is 0 Å². The number of ketones is 1. The predicted molar refractivity (Wildman–Crippen MR) is 96.4 cm³/mol. The molecule has 6 heteroatoms. The number of imidazole rings is 1. The maximum absolute atomic E-state index is 12.7. The Morgan fingerprint density at radius 2 is 2.12 bits per heavy atom. The summed E-state index contributed by atoms with van der Waals surface area (Å²) in [5.41, 5.74) is 4.11. The van der Waals surface area contributed by atoms with Crippen molar-refractivity contribution in [2.24, 2.45) is 0 Å². The second-order valence-corrected chi connectivity index (χ2v) is 5.86. The van der Waals surface area contributed by atoms with Crippen LogP contribution in [0.4, 0.5) is 5.69 Å². The second-order valence-electron chi connectivity index (χ2n) is 5.86. The molecule has 1 aromatic carbocycles. The molecule has 128 valence electrons. The summed E-state index contributed by atoms with van der Waals surface area (Å²) in [6.45, 7) is 5.27. The summed E-state index contributed by atoms with van der Waals surface area (Å²) in [6.07, 6.45) is 5.84. The zero-order valence-electron chi connectivity index (χ0n) is 14.5. The molecule has 0 atom stereocenters. The normalized spacial score (nSPS) is 10.7. The highest BCUT2D eigenvalue weighted by atomic mass is 16.2. The fraction of sp³-hybridized carbons (Fsp3) is 0.211. The maximum Gasteiger partial charge on any atom is 0.272 e. The van der Waals surface area contributed by atoms with Crippen molar-refractivity contribution >= 4 is 17.4 Å². The van der Waals surface area contributed by atoms with Crippen LogP contribution in [-0.2, 0) is 6.42 Å². The van der Waals surface area contributed by atoms with E-state index in [1.807, 2.05) is 48.9 Å². The lowest BCUT2D eigenvalue weighted by Gasteiger charge is -2.08. The molecule has 0 radical (unpaired) electrons. The number of nitrogens with zero attached hydrogens (tertiary/aromatic N) is 2. The summed E-state index contributed by atoms with van der Waals surface area (Å²) in [6, 6.07) is 7.49. The van der Waals surface area contributed by atoms with Crippen LogP contribution in [0.25, 0.3) is 5.69 Å². The van der Waals surface area contributed by atoms with E-state index in [9.17, 15) is 9.59 Å². The van der Waals surface area contributed by atoms with E-state index in [-0.39, 0.29) is 11.7 Å². The van der Waals surface area contributed by atoms with Gasteiger partial charge in [-0.3, -0.25) is 9.59 Å². The van der Waals surface area contributed by atoms with Crippen molar-refractivity contribution in [3.8, 4) is 5.69 Å². The van der Waals surface area contributed by atoms with Crippen LogP contribution in [0.3, 0.4) is 0 Å². The van der Waals surface area contributed by atoms with Gasteiger partial charge in [0.1, 0.15) is 5.69 Å². The molecular formula is C19H20N4O2. The minimum absolute atomic E-state index is 0.0354. The number of aromatic nitrogens is 3. The minimum Gasteiger partial charge on any atom is -0.354 e. The Bertz CT molecular complexity index is 923. The van der Waals surface area contributed by atoms with Gasteiger partial charge in [-0.25, -0.2) is 4.98 Å². The van der Waals surface area contributed by atoms with Crippen molar-refractivity contribution in [1.82, 2.24) is 14.5 Å². The highest BCUT2D eigenvalue weighted by molar-refractivity contribution is 6.07. The number of carbonyl (C=O) groups excluding carboxylic acids is 2. The van der Waals surface area contributed by atoms with Gasteiger partial charge in [0.2, 0.25) is 0 Å². The summed E-state index contributed by atoms with van der Waals surface area (Å²) in [5, 5.41) is 2.90. The van der Waals surface area contributed by atoms with Crippen molar-refractivity contribution in [1.29, 1.82) is 0 Å². The molecule has 3 rings (SSSR count). The summed E-state index contributed by atoms with van der Waals surface area (Å²) in [5.74, 6) is -0.290. The van der Waals surface area contributed by atoms with Crippen molar-refractivity contribution in [3.05, 3.63) is 65.5 Å². The summed E-state index contributed by atoms with van der Waals surface area (Å²) in [4.78, 5) is 31.6. The number of nitrogens with one attached hydrogen (secondary N) is 2. The predicted octanol–water partition coefficient (Wildman–Crippen LogP) is 3.53. The summed E-state index contributed by atoms with van der Waals surface area (Å²) in [7, 11) is 0. The number of amides is 1. The van der Waals surface area contributed by atoms with Crippen LogP contribution in [0.2, 0.25) is 0 Å². The van der Waals surface area contributed by atoms with E-state index >= 15 is 0 Å². The van der Waals surface area contributed by atoms with Gasteiger partial charge < -0.3 is 14.9 Å². The number of hydrogen-bond acceptors (Lipinski definition) is 3. The molecular weight excluding hydrogens is 316 g/mol. The lowest BCUT2D eigenvalue weighted by Crippen LogP contribution is -2.15. The number of H-pyrrole nitrogens is 1. The first-order valence-corrected chi connectivity index (χ1v) is 8.13. The molecule has 0 unspecified atom stereocenters. The maximum atomic E-state index is 12.7. The van der Waals surface area contributed by atoms with Gasteiger partial charge in [-0.1, -0.05) is 13.0 Å². The van der Waals surface area contributed by atoms with Gasteiger partial charge in [-0.2, -0.15) is 0 Å². The largest absolute Gasteiger partial charge is 0.354 e. The highest BCUT2D eigenvalue weighted by Crippen LogP contribution is 2.22. The Hall–Kier alpha value is -3.15. The van der Waals surface area contributed by atoms with Crippen LogP contribution in [0.1, 0.15) is 46.0 Å². The molecule has 0 saturated heterocycles. The average molecular weight is 336 g/mol. The van der Waals surface area contributed by atoms with Crippen LogP contribution in [0.15, 0.2) is 43.0 Å². The summed E-state index contributed by atoms with van der Waals surface area (Å²) >= 11 is 0. The smallest absolute Gasteiger partial charge is 0.272 e. The SMILES string of the molecule is CCc1c(C(=O)Nc2cccc(-n3ccnc3)c2)[nH]c(C)c1C(C)=O. The lowest BCUT2D eigenvalue weighted by atomic mass is 10.0. The Labute approximate surface area is 145 Å². The number of rotatable bonds is 5. The number of Topliss-reactive ketones (excluding diaryl/α,β-unsaturated/α-hetero) is 1. The Morgan fingerprint density at radius 1 is 1.32 bits per heavy atom. The molecule has 1 amide bonds. The van der Waals surface area contributed by atoms with E-state index in [0.29, 0.717) is 23.4 Å². The van der Waals surface area contributed by atoms with Gasteiger partial charge in [0, 0.05) is 35.0 Å². The zero-order valence-corrected chi connectivity index (χ0v) is 14.5. The third kappa shape index (κ3) is 3.24. The Morgan fingerprint density at radius 3 is 2.76 bits per heavy atom. The standard InChI is InChI=1S/C19H20N4O2/c1-4-16-17(13(3)24)12(2)21-18(16)19(25)22-14-6-5-7-15(10-14)23-9-8-20-11-23/h5-11,21H,4H2,1-3H3,(H,22,25). The van der Waals surface area contributed by atoms with Gasteiger partial charge in [0.25, 0.3) is 5.91 Å². The van der Waals surface area contributed by atoms with Crippen LogP contribution in [-0.4, -0.2) is 26.2 Å². The first kappa shape index (κ1) is 16.7. The Kier molecular flexibility index (Phi) is 4.52. The fourth-order valence-electron chi connectivity index (χ4n) is 3.05. The van der Waals surface area contributed by atoms with Gasteiger partial charge in [0.15, 0.2) is 5.78 Å². The van der Waals surface area contributed by atoms with Gasteiger partial charge in [0.05, 0.1) is 6.33 Å². The number of carbonyl (C=O) groups is 2. The van der Waals surface area contributed by atoms with E-state index in [4.69, 9.17) is 0 Å². The van der Waals surface area contributed by atoms with Crippen LogP contribution in [0.5, 0.6) is 0 Å². The number of aryl methyl sites for hydroxylation is 1. The number of anilines is 1. The minimum atomic E-state index is -0.254. The molecule has 0 bridgehead atoms. The number of hydrogen-bond donors (Lipinski definition) is 2. The first-order chi connectivity index (χ1) is 12.0. The number of aromatic amines is 1. The average Bonchev–Trinajstić information content (AvgIpc) is 3.22. The highest BCUT2D eigenvalue weighted by Gasteiger charge is 2.21. The molecule has 2 aromatic heterocycles. The Balaban J connectivity index is 1.90. The molecule has 0 saturated carbocycles. The molecule has 0 aliphatic heterocycles. The van der Waals surface area contributed by atoms with E-state index in [1.54, 1.807) is 12.5 Å². The van der Waals surface area contributed by atoms with Crippen molar-refractivity contribution < 1.29 is 9.59 Å². The zero-order chi connectivity index (χ0) is 18.0. The molecule has 2 heterocycles. The molecule has 0 fully saturated rings. The molecule has 2 N–H and O–H groups in total. The number of benzene rings is 1. The summed E-state index contributed by atoms with van der Waals surface area (Å²) < 4.78 is 1.86. The fourth-order valence-corrected chi connectivity index (χ4v) is 3.05. The third-order valence-electron chi connectivity index (χ3n) is 4.13. The molecule has 0 aliphatic carbocycles. The molecule has 3 aromatic rings. The van der Waals surface area contributed by atoms with E-state index in [1.165, 1.54) is 6.92 Å². The monoisotopic (exact) mass is 336 g/mol. The van der Waals surface area contributed by atoms with Gasteiger partial charge in [-0.15, -0.1) is 0 Å². The quantitative estimate of drug-likeness (QED) is 0.700. The van der Waals surface area contributed by atoms with E-state index in [2.05, 4.69) is 15.3 Å². The lowest BCUT2D eigenvalue weighted by molar-refractivity contribution is 0.101. The van der Waals surface area contributed by atoms with Crippen LogP contribution in [0, 0.1) is 6.92 Å². The third-order valence-corrected chi connectivity index (χ3v) is 4.13. The first-order valence-electron chi connectivity index (χ1n) is 8.13. The molecule has 25 heavy (non-hydrogen) atoms. The van der Waals surface area contributed by atoms with Gasteiger partial charge in [-0.05, 0) is 44.0 Å². The second kappa shape index (κ2) is 6.76. The van der Waals surface area contributed by atoms with Crippen LogP contribution < -0.4 is 5.32 Å². The van der Waals surface area contributed by atoms with Crippen molar-refractivity contribution in [2.45, 2.75) is 27.2 Å². The van der Waals surface area contributed by atoms with E-state index < -0.39 is 0 Å². The van der Waals surface area contributed by atoms with Crippen LogP contribution >= 0.6 is 0 Å². The molecule has 0 aliphatic rings. The van der Waals surface area contributed by atoms with Crippen molar-refractivity contribution in [2.75, 3.05) is 5.32 Å².